The third-order valence-corrected chi connectivity index (χ3v) is 3.65. The van der Waals surface area contributed by atoms with Crippen molar-refractivity contribution in [2.24, 2.45) is 0 Å². The van der Waals surface area contributed by atoms with E-state index in [4.69, 9.17) is 9.84 Å². The molecule has 1 rings (SSSR count). The second kappa shape index (κ2) is 9.73. The lowest BCUT2D eigenvalue weighted by molar-refractivity contribution is 0.191. The Morgan fingerprint density at radius 2 is 1.95 bits per heavy atom. The average molecular weight is 410 g/mol. The van der Waals surface area contributed by atoms with Crippen molar-refractivity contribution in [1.82, 2.24) is 10.6 Å². The van der Waals surface area contributed by atoms with Crippen molar-refractivity contribution >= 4 is 31.9 Å². The van der Waals surface area contributed by atoms with Gasteiger partial charge in [0.05, 0.1) is 17.2 Å². The molecule has 1 aromatic rings. The van der Waals surface area contributed by atoms with Gasteiger partial charge in [0.1, 0.15) is 5.75 Å². The molecule has 3 N–H and O–H groups in total. The van der Waals surface area contributed by atoms with Gasteiger partial charge in [-0.25, -0.2) is 0 Å². The molecule has 20 heavy (non-hydrogen) atoms. The Hall–Kier alpha value is -0.140. The fourth-order valence-corrected chi connectivity index (χ4v) is 3.19. The molecule has 0 fully saturated rings. The Morgan fingerprint density at radius 1 is 1.25 bits per heavy atom. The summed E-state index contributed by atoms with van der Waals surface area (Å²) in [6, 6.07) is 4.05. The second-order valence-corrected chi connectivity index (χ2v) is 6.31. The smallest absolute Gasteiger partial charge is 0.138 e. The lowest BCUT2D eigenvalue weighted by Gasteiger charge is -2.14. The van der Waals surface area contributed by atoms with E-state index < -0.39 is 0 Å². The van der Waals surface area contributed by atoms with Gasteiger partial charge < -0.3 is 20.5 Å². The lowest BCUT2D eigenvalue weighted by atomic mass is 10.2. The Balaban J connectivity index is 2.46. The number of rotatable bonds is 9. The molecule has 0 radical (unpaired) electrons. The van der Waals surface area contributed by atoms with Crippen LogP contribution in [0.4, 0.5) is 0 Å². The molecule has 1 unspecified atom stereocenters. The van der Waals surface area contributed by atoms with Crippen molar-refractivity contribution in [3.05, 3.63) is 26.6 Å². The molecule has 0 aromatic heterocycles. The number of benzene rings is 1. The van der Waals surface area contributed by atoms with Gasteiger partial charge in [0.15, 0.2) is 0 Å². The minimum atomic E-state index is -0.305. The van der Waals surface area contributed by atoms with E-state index in [0.29, 0.717) is 13.2 Å². The van der Waals surface area contributed by atoms with Gasteiger partial charge in [-0.2, -0.15) is 0 Å². The summed E-state index contributed by atoms with van der Waals surface area (Å²) in [6.45, 7) is 7.41. The zero-order chi connectivity index (χ0) is 15.0. The molecule has 0 saturated carbocycles. The Kier molecular flexibility index (Phi) is 8.72. The van der Waals surface area contributed by atoms with Crippen molar-refractivity contribution in [3.8, 4) is 5.75 Å². The zero-order valence-corrected chi connectivity index (χ0v) is 15.1. The first-order chi connectivity index (χ1) is 9.54. The Morgan fingerprint density at radius 3 is 2.60 bits per heavy atom. The van der Waals surface area contributed by atoms with Gasteiger partial charge in [-0.1, -0.05) is 15.9 Å². The maximum absolute atomic E-state index is 9.13. The summed E-state index contributed by atoms with van der Waals surface area (Å²) in [4.78, 5) is 0. The van der Waals surface area contributed by atoms with Crippen LogP contribution in [0.15, 0.2) is 21.1 Å². The van der Waals surface area contributed by atoms with Crippen LogP contribution in [0, 0.1) is 0 Å². The van der Waals surface area contributed by atoms with Crippen molar-refractivity contribution < 1.29 is 9.84 Å². The van der Waals surface area contributed by atoms with Gasteiger partial charge in [-0.15, -0.1) is 0 Å². The summed E-state index contributed by atoms with van der Waals surface area (Å²) >= 11 is 7.02. The second-order valence-electron chi connectivity index (χ2n) is 4.54. The predicted octanol–water partition coefficient (Wildman–Crippen LogP) is 2.67. The SMILES string of the molecule is CCOc1c(Br)cc(Br)cc1CNCCNCC(C)O. The van der Waals surface area contributed by atoms with Crippen molar-refractivity contribution in [1.29, 1.82) is 0 Å². The predicted molar refractivity (Wildman–Crippen MR) is 89.3 cm³/mol. The summed E-state index contributed by atoms with van der Waals surface area (Å²) in [7, 11) is 0. The summed E-state index contributed by atoms with van der Waals surface area (Å²) < 4.78 is 7.66. The van der Waals surface area contributed by atoms with Crippen LogP contribution < -0.4 is 15.4 Å². The third-order valence-electron chi connectivity index (χ3n) is 2.61. The van der Waals surface area contributed by atoms with Crippen LogP contribution in [0.25, 0.3) is 0 Å². The molecule has 0 aliphatic carbocycles. The summed E-state index contributed by atoms with van der Waals surface area (Å²) in [6.07, 6.45) is -0.305. The summed E-state index contributed by atoms with van der Waals surface area (Å²) in [5, 5.41) is 15.7. The van der Waals surface area contributed by atoms with Gasteiger partial charge in [-0.3, -0.25) is 0 Å². The van der Waals surface area contributed by atoms with Crippen LogP contribution in [-0.4, -0.2) is 37.5 Å². The summed E-state index contributed by atoms with van der Waals surface area (Å²) in [5.74, 6) is 0.889. The maximum Gasteiger partial charge on any atom is 0.138 e. The topological polar surface area (TPSA) is 53.5 Å². The van der Waals surface area contributed by atoms with E-state index in [2.05, 4.69) is 48.6 Å². The highest BCUT2D eigenvalue weighted by Crippen LogP contribution is 2.32. The van der Waals surface area contributed by atoms with Gasteiger partial charge in [0, 0.05) is 36.2 Å². The van der Waals surface area contributed by atoms with Gasteiger partial charge >= 0.3 is 0 Å². The molecule has 6 heteroatoms. The molecule has 0 heterocycles. The Labute approximate surface area is 137 Å². The number of hydrogen-bond acceptors (Lipinski definition) is 4. The number of aliphatic hydroxyl groups is 1. The molecule has 114 valence electrons. The molecule has 0 amide bonds. The number of hydrogen-bond donors (Lipinski definition) is 3. The van der Waals surface area contributed by atoms with Gasteiger partial charge in [0.25, 0.3) is 0 Å². The standard InChI is InChI=1S/C14H22Br2N2O2/c1-3-20-14-11(6-12(15)7-13(14)16)9-18-5-4-17-8-10(2)19/h6-7,10,17-19H,3-5,8-9H2,1-2H3. The molecule has 0 saturated heterocycles. The fourth-order valence-electron chi connectivity index (χ4n) is 1.76. The molecule has 1 aromatic carbocycles. The number of halogens is 2. The highest BCUT2D eigenvalue weighted by molar-refractivity contribution is 9.11. The molecule has 1 atom stereocenters. The van der Waals surface area contributed by atoms with E-state index in [1.807, 2.05) is 13.0 Å². The highest BCUT2D eigenvalue weighted by atomic mass is 79.9. The highest BCUT2D eigenvalue weighted by Gasteiger charge is 2.09. The van der Waals surface area contributed by atoms with Gasteiger partial charge in [0.2, 0.25) is 0 Å². The van der Waals surface area contributed by atoms with Crippen molar-refractivity contribution in [2.75, 3.05) is 26.2 Å². The van der Waals surface area contributed by atoms with Crippen LogP contribution in [-0.2, 0) is 6.54 Å². The van der Waals surface area contributed by atoms with Crippen molar-refractivity contribution in [3.63, 3.8) is 0 Å². The lowest BCUT2D eigenvalue weighted by Crippen LogP contribution is -2.31. The molecule has 0 spiro atoms. The van der Waals surface area contributed by atoms with Crippen LogP contribution in [0.5, 0.6) is 5.75 Å². The Bertz CT molecular complexity index is 414. The van der Waals surface area contributed by atoms with Crippen LogP contribution in [0.1, 0.15) is 19.4 Å². The quantitative estimate of drug-likeness (QED) is 0.549. The number of aliphatic hydroxyl groups excluding tert-OH is 1. The first kappa shape index (κ1) is 17.9. The molecule has 0 aliphatic heterocycles. The normalized spacial score (nSPS) is 12.4. The van der Waals surface area contributed by atoms with E-state index in [1.54, 1.807) is 6.92 Å². The third kappa shape index (κ3) is 6.54. The average Bonchev–Trinajstić information content (AvgIpc) is 2.37. The van der Waals surface area contributed by atoms with E-state index in [9.17, 15) is 0 Å². The number of nitrogens with one attached hydrogen (secondary N) is 2. The minimum Gasteiger partial charge on any atom is -0.492 e. The van der Waals surface area contributed by atoms with E-state index in [-0.39, 0.29) is 6.10 Å². The molecule has 0 bridgehead atoms. The van der Waals surface area contributed by atoms with E-state index in [1.165, 1.54) is 0 Å². The molecule has 4 nitrogen and oxygen atoms in total. The molecular weight excluding hydrogens is 388 g/mol. The van der Waals surface area contributed by atoms with E-state index in [0.717, 1.165) is 39.9 Å². The monoisotopic (exact) mass is 408 g/mol. The fraction of sp³-hybridized carbons (Fsp3) is 0.571. The zero-order valence-electron chi connectivity index (χ0n) is 11.9. The van der Waals surface area contributed by atoms with Crippen LogP contribution >= 0.6 is 31.9 Å². The largest absolute Gasteiger partial charge is 0.492 e. The first-order valence-electron chi connectivity index (χ1n) is 6.74. The van der Waals surface area contributed by atoms with Crippen LogP contribution in [0.3, 0.4) is 0 Å². The van der Waals surface area contributed by atoms with E-state index >= 15 is 0 Å². The van der Waals surface area contributed by atoms with Gasteiger partial charge in [-0.05, 0) is 41.9 Å². The molecule has 0 aliphatic rings. The minimum absolute atomic E-state index is 0.305. The maximum atomic E-state index is 9.13. The van der Waals surface area contributed by atoms with Crippen LogP contribution in [0.2, 0.25) is 0 Å². The summed E-state index contributed by atoms with van der Waals surface area (Å²) in [5.41, 5.74) is 1.11. The first-order valence-corrected chi connectivity index (χ1v) is 8.33. The number of ether oxygens (including phenoxy) is 1. The van der Waals surface area contributed by atoms with Crippen molar-refractivity contribution in [2.45, 2.75) is 26.5 Å². The molecular formula is C14H22Br2N2O2.